The summed E-state index contributed by atoms with van der Waals surface area (Å²) in [5.41, 5.74) is 6.66. The van der Waals surface area contributed by atoms with Gasteiger partial charge in [0.15, 0.2) is 17.9 Å². The summed E-state index contributed by atoms with van der Waals surface area (Å²) < 4.78 is 5.66. The lowest BCUT2D eigenvalue weighted by atomic mass is 10.1. The highest BCUT2D eigenvalue weighted by molar-refractivity contribution is 5.83. The number of rotatable bonds is 3. The second kappa shape index (κ2) is 6.57. The Morgan fingerprint density at radius 2 is 2.08 bits per heavy atom. The Hall–Kier alpha value is -2.66. The number of aliphatic hydroxyl groups excluding tert-OH is 3. The lowest BCUT2D eigenvalue weighted by Crippen LogP contribution is -2.46. The molecule has 1 aromatic heterocycles. The van der Waals surface area contributed by atoms with Crippen LogP contribution < -0.4 is 20.9 Å². The number of nitrogens with two attached hydrogens (primary N) is 1. The molecular weight excluding hydrogens is 340 g/mol. The number of aliphatic hydroxyl groups is 3. The fourth-order valence-corrected chi connectivity index (χ4v) is 3.29. The van der Waals surface area contributed by atoms with Crippen LogP contribution in [0.3, 0.4) is 0 Å². The van der Waals surface area contributed by atoms with Gasteiger partial charge in [-0.15, -0.1) is 0 Å². The number of anilines is 3. The molecule has 10 nitrogen and oxygen atoms in total. The molecule has 26 heavy (non-hydrogen) atoms. The zero-order chi connectivity index (χ0) is 18.3. The summed E-state index contributed by atoms with van der Waals surface area (Å²) in [5.74, 6) is 1.50. The van der Waals surface area contributed by atoms with Gasteiger partial charge in [-0.3, -0.25) is 0 Å². The van der Waals surface area contributed by atoms with Crippen LogP contribution in [0.25, 0.3) is 0 Å². The molecule has 0 amide bonds. The van der Waals surface area contributed by atoms with Crippen LogP contribution in [-0.2, 0) is 4.74 Å². The third kappa shape index (κ3) is 2.59. The second-order valence-corrected chi connectivity index (χ2v) is 6.14. The Balaban J connectivity index is 1.71. The minimum atomic E-state index is -1.20. The number of nitrogen functional groups attached to an aromatic ring is 1. The van der Waals surface area contributed by atoms with Crippen LogP contribution in [-0.4, -0.2) is 63.1 Å². The minimum absolute atomic E-state index is 0.269. The van der Waals surface area contributed by atoms with Gasteiger partial charge in [-0.2, -0.15) is 0 Å². The molecule has 3 aliphatic heterocycles. The average molecular weight is 360 g/mol. The van der Waals surface area contributed by atoms with E-state index in [0.29, 0.717) is 11.5 Å². The van der Waals surface area contributed by atoms with Gasteiger partial charge in [0, 0.05) is 6.20 Å². The standard InChI is InChI=1S/C16H20N6O4/c17-14-11-15(20-7-19-14)22(16-13(25)12(24)9(6-23)26-16)8-21(11)10-4-2-1-3-5-18-10/h1-5,7,9,12-13,16,18,23-25H,6,8H2,(H2,17,19,20)/t9-,12-,13-,16-/m1/s1. The third-order valence-corrected chi connectivity index (χ3v) is 4.59. The van der Waals surface area contributed by atoms with Crippen molar-refractivity contribution in [3.05, 3.63) is 42.7 Å². The van der Waals surface area contributed by atoms with Crippen molar-refractivity contribution in [2.45, 2.75) is 24.5 Å². The molecule has 4 rings (SSSR count). The number of aromatic nitrogens is 2. The Morgan fingerprint density at radius 1 is 1.23 bits per heavy atom. The smallest absolute Gasteiger partial charge is 0.162 e. The maximum atomic E-state index is 10.4. The fraction of sp³-hybridized carbons (Fsp3) is 0.375. The zero-order valence-electron chi connectivity index (χ0n) is 13.8. The van der Waals surface area contributed by atoms with E-state index >= 15 is 0 Å². The summed E-state index contributed by atoms with van der Waals surface area (Å²) in [5, 5.41) is 32.9. The molecule has 0 spiro atoms. The molecule has 0 aliphatic carbocycles. The van der Waals surface area contributed by atoms with Gasteiger partial charge in [0.25, 0.3) is 0 Å². The first-order chi connectivity index (χ1) is 12.6. The van der Waals surface area contributed by atoms with Gasteiger partial charge < -0.3 is 40.9 Å². The van der Waals surface area contributed by atoms with E-state index in [-0.39, 0.29) is 12.5 Å². The number of nitrogens with one attached hydrogen (secondary N) is 1. The van der Waals surface area contributed by atoms with Gasteiger partial charge in [0.1, 0.15) is 42.8 Å². The molecule has 0 radical (unpaired) electrons. The molecule has 0 bridgehead atoms. The maximum absolute atomic E-state index is 10.4. The van der Waals surface area contributed by atoms with Crippen molar-refractivity contribution in [1.29, 1.82) is 0 Å². The van der Waals surface area contributed by atoms with Crippen LogP contribution in [0.5, 0.6) is 0 Å². The van der Waals surface area contributed by atoms with Crippen LogP contribution in [0.4, 0.5) is 17.3 Å². The van der Waals surface area contributed by atoms with Gasteiger partial charge in [0.05, 0.1) is 6.61 Å². The van der Waals surface area contributed by atoms with Crippen molar-refractivity contribution >= 4 is 17.3 Å². The first kappa shape index (κ1) is 16.8. The molecule has 4 atom stereocenters. The normalized spacial score (nSPS) is 30.2. The lowest BCUT2D eigenvalue weighted by molar-refractivity contribution is -0.0221. The highest BCUT2D eigenvalue weighted by atomic mass is 16.6. The predicted octanol–water partition coefficient (Wildman–Crippen LogP) is -1.40. The molecule has 138 valence electrons. The Morgan fingerprint density at radius 3 is 2.85 bits per heavy atom. The first-order valence-electron chi connectivity index (χ1n) is 8.19. The number of nitrogens with zero attached hydrogens (tertiary/aromatic N) is 4. The van der Waals surface area contributed by atoms with E-state index < -0.39 is 31.1 Å². The van der Waals surface area contributed by atoms with Crippen LogP contribution in [0.2, 0.25) is 0 Å². The van der Waals surface area contributed by atoms with Crippen LogP contribution >= 0.6 is 0 Å². The topological polar surface area (TPSA) is 140 Å². The quantitative estimate of drug-likeness (QED) is 0.437. The number of ether oxygens (including phenoxy) is 1. The Bertz CT molecular complexity index is 782. The number of hydrogen-bond donors (Lipinski definition) is 5. The van der Waals surface area contributed by atoms with Gasteiger partial charge in [0.2, 0.25) is 0 Å². The van der Waals surface area contributed by atoms with E-state index in [9.17, 15) is 15.3 Å². The SMILES string of the molecule is Nc1ncnc2c1N(C1=CC=CC=CN1)CN2[C@@H]1O[C@H](CO)[C@@H](O)[C@H]1O. The van der Waals surface area contributed by atoms with E-state index in [4.69, 9.17) is 10.5 Å². The zero-order valence-corrected chi connectivity index (χ0v) is 13.8. The van der Waals surface area contributed by atoms with Crippen molar-refractivity contribution in [2.75, 3.05) is 28.8 Å². The van der Waals surface area contributed by atoms with Crippen molar-refractivity contribution in [1.82, 2.24) is 15.3 Å². The van der Waals surface area contributed by atoms with Gasteiger partial charge >= 0.3 is 0 Å². The van der Waals surface area contributed by atoms with Crippen LogP contribution in [0, 0.1) is 0 Å². The maximum Gasteiger partial charge on any atom is 0.162 e. The molecule has 0 aromatic carbocycles. The van der Waals surface area contributed by atoms with Gasteiger partial charge in [-0.1, -0.05) is 12.2 Å². The van der Waals surface area contributed by atoms with E-state index in [1.165, 1.54) is 6.33 Å². The molecule has 1 fully saturated rings. The lowest BCUT2D eigenvalue weighted by Gasteiger charge is -2.28. The van der Waals surface area contributed by atoms with Crippen molar-refractivity contribution in [3.63, 3.8) is 0 Å². The fourth-order valence-electron chi connectivity index (χ4n) is 3.29. The second-order valence-electron chi connectivity index (χ2n) is 6.14. The Labute approximate surface area is 149 Å². The van der Waals surface area contributed by atoms with Gasteiger partial charge in [-0.25, -0.2) is 9.97 Å². The van der Waals surface area contributed by atoms with E-state index in [0.717, 1.165) is 5.82 Å². The number of fused-ring (bicyclic) bond motifs is 1. The summed E-state index contributed by atoms with van der Waals surface area (Å²) in [7, 11) is 0. The van der Waals surface area contributed by atoms with Crippen LogP contribution in [0.1, 0.15) is 0 Å². The molecular formula is C16H20N6O4. The van der Waals surface area contributed by atoms with Crippen molar-refractivity contribution in [3.8, 4) is 0 Å². The van der Waals surface area contributed by atoms with Crippen molar-refractivity contribution < 1.29 is 20.1 Å². The van der Waals surface area contributed by atoms with E-state index in [2.05, 4.69) is 15.3 Å². The van der Waals surface area contributed by atoms with Gasteiger partial charge in [-0.05, 0) is 12.2 Å². The van der Waals surface area contributed by atoms with Crippen molar-refractivity contribution in [2.24, 2.45) is 0 Å². The summed E-state index contributed by atoms with van der Waals surface area (Å²) in [6, 6.07) is 0. The first-order valence-corrected chi connectivity index (χ1v) is 8.19. The highest BCUT2D eigenvalue weighted by Crippen LogP contribution is 2.42. The molecule has 10 heteroatoms. The number of hydrogen-bond acceptors (Lipinski definition) is 10. The third-order valence-electron chi connectivity index (χ3n) is 4.59. The van der Waals surface area contributed by atoms with E-state index in [1.807, 2.05) is 29.2 Å². The largest absolute Gasteiger partial charge is 0.394 e. The molecule has 4 heterocycles. The Kier molecular flexibility index (Phi) is 4.24. The molecule has 0 saturated carbocycles. The predicted molar refractivity (Wildman–Crippen MR) is 93.5 cm³/mol. The summed E-state index contributed by atoms with van der Waals surface area (Å²) in [6.07, 6.45) is 6.46. The summed E-state index contributed by atoms with van der Waals surface area (Å²) in [6.45, 7) is -0.126. The summed E-state index contributed by atoms with van der Waals surface area (Å²) in [4.78, 5) is 11.9. The monoisotopic (exact) mass is 360 g/mol. The molecule has 3 aliphatic rings. The average Bonchev–Trinajstić information content (AvgIpc) is 3.01. The number of allylic oxidation sites excluding steroid dienone is 4. The molecule has 6 N–H and O–H groups in total. The van der Waals surface area contributed by atoms with Crippen LogP contribution in [0.15, 0.2) is 42.7 Å². The highest BCUT2D eigenvalue weighted by Gasteiger charge is 2.48. The minimum Gasteiger partial charge on any atom is -0.394 e. The van der Waals surface area contributed by atoms with E-state index in [1.54, 1.807) is 11.1 Å². The summed E-state index contributed by atoms with van der Waals surface area (Å²) >= 11 is 0. The molecule has 0 unspecified atom stereocenters. The molecule has 1 saturated heterocycles. The molecule has 1 aromatic rings.